The van der Waals surface area contributed by atoms with Crippen molar-refractivity contribution in [2.24, 2.45) is 0 Å². The Morgan fingerprint density at radius 1 is 1.28 bits per heavy atom. The van der Waals surface area contributed by atoms with Gasteiger partial charge in [-0.15, -0.1) is 0 Å². The van der Waals surface area contributed by atoms with Crippen molar-refractivity contribution in [1.82, 2.24) is 4.90 Å². The normalized spacial score (nSPS) is 29.6. The third-order valence-electron chi connectivity index (χ3n) is 5.12. The number of carbonyl (C=O) groups is 1. The second-order valence-corrected chi connectivity index (χ2v) is 7.53. The van der Waals surface area contributed by atoms with E-state index in [1.54, 1.807) is 18.2 Å². The Kier molecular flexibility index (Phi) is 3.38. The Morgan fingerprint density at radius 2 is 1.96 bits per heavy atom. The van der Waals surface area contributed by atoms with Gasteiger partial charge >= 0.3 is 7.12 Å². The monoisotopic (exact) mass is 344 g/mol. The van der Waals surface area contributed by atoms with Gasteiger partial charge in [0.25, 0.3) is 5.91 Å². The molecule has 2 aliphatic heterocycles. The minimum absolute atomic E-state index is 0.0475. The molecule has 0 radical (unpaired) electrons. The third kappa shape index (κ3) is 3.20. The van der Waals surface area contributed by atoms with Crippen molar-refractivity contribution in [3.05, 3.63) is 29.8 Å². The van der Waals surface area contributed by atoms with Crippen molar-refractivity contribution in [3.8, 4) is 11.8 Å². The number of aliphatic hydroxyl groups is 1. The Morgan fingerprint density at radius 3 is 2.56 bits per heavy atom. The average molecular weight is 344 g/mol. The molecule has 1 N–H and O–H groups in total. The van der Waals surface area contributed by atoms with Crippen LogP contribution in [0.15, 0.2) is 24.3 Å². The first-order chi connectivity index (χ1) is 12.8. The summed E-state index contributed by atoms with van der Waals surface area (Å²) in [6.07, 6.45) is -0.0475. The van der Waals surface area contributed by atoms with Gasteiger partial charge in [-0.2, -0.15) is 0 Å². The molecule has 1 aromatic rings. The van der Waals surface area contributed by atoms with E-state index < -0.39 is 36.8 Å². The van der Waals surface area contributed by atoms with Crippen molar-refractivity contribution in [3.63, 3.8) is 0 Å². The number of likely N-dealkylation sites (N-methyl/N-ethyl adjacent to an activating group) is 1. The van der Waals surface area contributed by atoms with E-state index in [4.69, 9.17) is 13.4 Å². The first-order valence-electron chi connectivity index (χ1n) is 9.78. The lowest BCUT2D eigenvalue weighted by Crippen LogP contribution is -2.41. The van der Waals surface area contributed by atoms with Crippen molar-refractivity contribution in [1.29, 1.82) is 0 Å². The average Bonchev–Trinajstić information content (AvgIpc) is 2.99. The van der Waals surface area contributed by atoms with Crippen LogP contribution in [0.2, 0.25) is 0 Å². The summed E-state index contributed by atoms with van der Waals surface area (Å²) in [5.41, 5.74) is -1.58. The van der Waals surface area contributed by atoms with E-state index in [1.165, 1.54) is 0 Å². The largest absolute Gasteiger partial charge is 0.494 e. The molecule has 0 aliphatic carbocycles. The first-order valence-corrected chi connectivity index (χ1v) is 8.28. The second-order valence-electron chi connectivity index (χ2n) is 7.53. The highest BCUT2D eigenvalue weighted by molar-refractivity contribution is 6.62. The van der Waals surface area contributed by atoms with Crippen LogP contribution in [-0.4, -0.2) is 53.4 Å². The maximum absolute atomic E-state index is 12.3. The van der Waals surface area contributed by atoms with Gasteiger partial charge in [0, 0.05) is 29.6 Å². The van der Waals surface area contributed by atoms with E-state index in [0.717, 1.165) is 5.46 Å². The maximum Gasteiger partial charge on any atom is 0.494 e. The van der Waals surface area contributed by atoms with Crippen LogP contribution in [0.3, 0.4) is 0 Å². The van der Waals surface area contributed by atoms with Crippen molar-refractivity contribution >= 4 is 18.5 Å². The molecular formula is C19H24BNO4. The molecule has 1 aromatic carbocycles. The zero-order valence-electron chi connectivity index (χ0n) is 17.9. The molecule has 132 valence electrons. The molecule has 1 amide bonds. The lowest BCUT2D eigenvalue weighted by Gasteiger charge is -2.32. The molecule has 2 aliphatic rings. The van der Waals surface area contributed by atoms with Crippen LogP contribution in [-0.2, 0) is 14.1 Å². The zero-order valence-corrected chi connectivity index (χ0v) is 14.9. The highest BCUT2D eigenvalue weighted by Crippen LogP contribution is 2.36. The van der Waals surface area contributed by atoms with Crippen LogP contribution in [0.5, 0.6) is 0 Å². The van der Waals surface area contributed by atoms with Gasteiger partial charge in [0.2, 0.25) is 5.60 Å². The minimum Gasteiger partial charge on any atom is -0.399 e. The molecular weight excluding hydrogens is 317 g/mol. The van der Waals surface area contributed by atoms with E-state index in [2.05, 4.69) is 11.8 Å². The summed E-state index contributed by atoms with van der Waals surface area (Å²) in [6.45, 7) is 5.22. The molecule has 0 aromatic heterocycles. The molecule has 0 spiro atoms. The van der Waals surface area contributed by atoms with E-state index >= 15 is 0 Å². The van der Waals surface area contributed by atoms with Gasteiger partial charge in [-0.3, -0.25) is 4.79 Å². The van der Waals surface area contributed by atoms with Gasteiger partial charge in [-0.25, -0.2) is 0 Å². The fourth-order valence-electron chi connectivity index (χ4n) is 2.74. The highest BCUT2D eigenvalue weighted by Gasteiger charge is 2.51. The van der Waals surface area contributed by atoms with Gasteiger partial charge < -0.3 is 19.3 Å². The Balaban J connectivity index is 1.81. The molecule has 6 heteroatoms. The molecule has 2 fully saturated rings. The molecule has 1 atom stereocenters. The number of nitrogens with zero attached hydrogens (tertiary/aromatic N) is 1. The van der Waals surface area contributed by atoms with Crippen molar-refractivity contribution in [2.75, 3.05) is 13.5 Å². The van der Waals surface area contributed by atoms with E-state index in [-0.39, 0.29) is 13.0 Å². The van der Waals surface area contributed by atoms with Gasteiger partial charge in [0.15, 0.2) is 0 Å². The van der Waals surface area contributed by atoms with Gasteiger partial charge in [0.1, 0.15) is 0 Å². The van der Waals surface area contributed by atoms with Gasteiger partial charge in [0.05, 0.1) is 11.2 Å². The summed E-state index contributed by atoms with van der Waals surface area (Å²) in [4.78, 5) is 13.0. The second kappa shape index (κ2) is 5.88. The highest BCUT2D eigenvalue weighted by atomic mass is 16.7. The van der Waals surface area contributed by atoms with E-state index in [1.807, 2.05) is 33.8 Å². The molecule has 0 bridgehead atoms. The quantitative estimate of drug-likeness (QED) is 0.608. The fraction of sp³-hybridized carbons (Fsp3) is 0.526. The number of likely N-dealkylation sites (tertiary alicyclic amines) is 1. The number of hydrogen-bond acceptors (Lipinski definition) is 4. The fourth-order valence-corrected chi connectivity index (χ4v) is 2.74. The lowest BCUT2D eigenvalue weighted by atomic mass is 9.78. The van der Waals surface area contributed by atoms with Crippen LogP contribution >= 0.6 is 0 Å². The molecule has 0 unspecified atom stereocenters. The van der Waals surface area contributed by atoms with E-state index in [9.17, 15) is 9.90 Å². The number of hydrogen-bond donors (Lipinski definition) is 1. The molecule has 3 rings (SSSR count). The number of benzene rings is 1. The van der Waals surface area contributed by atoms with Crippen molar-refractivity contribution in [2.45, 2.75) is 50.9 Å². The summed E-state index contributed by atoms with van der Waals surface area (Å²) in [7, 11) is -0.547. The van der Waals surface area contributed by atoms with E-state index in [0.29, 0.717) is 10.5 Å². The standard InChI is InChI=1S/C19H24BNO4/c1-17(2)18(3,4)25-20(24-17)15-8-6-7-14(13-15)9-10-19(23)11-12-21(5)16(19)22/h6-8,13,23H,11-12H2,1-5H3/t19-/m0/s1/i5D3. The number of amides is 1. The van der Waals surface area contributed by atoms with Crippen LogP contribution < -0.4 is 5.46 Å². The van der Waals surface area contributed by atoms with Crippen LogP contribution in [0, 0.1) is 11.8 Å². The summed E-state index contributed by atoms with van der Waals surface area (Å²) in [5, 5.41) is 10.5. The Labute approximate surface area is 153 Å². The van der Waals surface area contributed by atoms with Crippen molar-refractivity contribution < 1.29 is 23.3 Å². The summed E-state index contributed by atoms with van der Waals surface area (Å²) in [6, 6.07) is 7.17. The SMILES string of the molecule is [2H]C([2H])([2H])N1CC[C@@](O)(C#Cc2cccc(B3OC(C)(C)C(C)(C)O3)c2)C1=O. The van der Waals surface area contributed by atoms with Gasteiger partial charge in [-0.05, 0) is 45.3 Å². The number of rotatable bonds is 1. The molecule has 0 saturated carbocycles. The minimum atomic E-state index is -2.58. The third-order valence-corrected chi connectivity index (χ3v) is 5.12. The summed E-state index contributed by atoms with van der Waals surface area (Å²) >= 11 is 0. The topological polar surface area (TPSA) is 59.0 Å². The van der Waals surface area contributed by atoms with Crippen LogP contribution in [0.25, 0.3) is 0 Å². The molecule has 2 heterocycles. The molecule has 25 heavy (non-hydrogen) atoms. The lowest BCUT2D eigenvalue weighted by molar-refractivity contribution is -0.137. The smallest absolute Gasteiger partial charge is 0.399 e. The summed E-state index contributed by atoms with van der Waals surface area (Å²) < 4.78 is 34.2. The Bertz CT molecular complexity index is 843. The predicted molar refractivity (Wildman–Crippen MR) is 96.2 cm³/mol. The first kappa shape index (κ1) is 14.4. The number of carbonyl (C=O) groups excluding carboxylic acids is 1. The Hall–Kier alpha value is -1.81. The van der Waals surface area contributed by atoms with Gasteiger partial charge in [-0.1, -0.05) is 24.0 Å². The zero-order chi connectivity index (χ0) is 21.0. The molecule has 5 nitrogen and oxygen atoms in total. The summed E-state index contributed by atoms with van der Waals surface area (Å²) in [5.74, 6) is 4.46. The van der Waals surface area contributed by atoms with Crippen LogP contribution in [0.1, 0.15) is 43.8 Å². The molecule has 2 saturated heterocycles. The predicted octanol–water partition coefficient (Wildman–Crippen LogP) is 0.931. The maximum atomic E-state index is 12.3. The van der Waals surface area contributed by atoms with Crippen LogP contribution in [0.4, 0.5) is 0 Å².